The summed E-state index contributed by atoms with van der Waals surface area (Å²) in [6.07, 6.45) is 0.923. The third-order valence-corrected chi connectivity index (χ3v) is 7.70. The Kier molecular flexibility index (Phi) is 6.85. The number of nitrogens with zero attached hydrogens (tertiary/aromatic N) is 1. The van der Waals surface area contributed by atoms with Gasteiger partial charge in [-0.15, -0.1) is 11.3 Å². The molecule has 0 saturated heterocycles. The maximum absolute atomic E-state index is 6.10. The van der Waals surface area contributed by atoms with Crippen molar-refractivity contribution in [2.24, 2.45) is 10.7 Å². The summed E-state index contributed by atoms with van der Waals surface area (Å²) in [5, 5.41) is 9.20. The Bertz CT molecular complexity index is 1300. The number of anilines is 2. The Hall–Kier alpha value is -3.26. The van der Waals surface area contributed by atoms with Crippen molar-refractivity contribution in [2.45, 2.75) is 22.8 Å². The first-order valence-electron chi connectivity index (χ1n) is 11.1. The van der Waals surface area contributed by atoms with Gasteiger partial charge in [0.1, 0.15) is 11.6 Å². The van der Waals surface area contributed by atoms with Crippen LogP contribution >= 0.6 is 23.1 Å². The highest BCUT2D eigenvalue weighted by Crippen LogP contribution is 2.47. The van der Waals surface area contributed by atoms with Gasteiger partial charge in [-0.25, -0.2) is 4.99 Å². The van der Waals surface area contributed by atoms with Crippen LogP contribution in [0.1, 0.15) is 16.0 Å². The van der Waals surface area contributed by atoms with Crippen molar-refractivity contribution in [1.29, 1.82) is 0 Å². The molecule has 5 nitrogen and oxygen atoms in total. The minimum absolute atomic E-state index is 0.555. The van der Waals surface area contributed by atoms with E-state index in [1.165, 1.54) is 15.4 Å². The van der Waals surface area contributed by atoms with E-state index in [1.807, 2.05) is 29.6 Å². The van der Waals surface area contributed by atoms with E-state index in [0.29, 0.717) is 5.84 Å². The average Bonchev–Trinajstić information content (AvgIpc) is 3.42. The zero-order valence-electron chi connectivity index (χ0n) is 18.9. The first-order valence-corrected chi connectivity index (χ1v) is 12.8. The van der Waals surface area contributed by atoms with Crippen molar-refractivity contribution in [3.8, 4) is 5.75 Å². The number of fused-ring (bicyclic) bond motifs is 2. The van der Waals surface area contributed by atoms with Gasteiger partial charge in [0.2, 0.25) is 0 Å². The average molecular weight is 487 g/mol. The number of para-hydroxylation sites is 1. The number of ether oxygens (including phenoxy) is 1. The van der Waals surface area contributed by atoms with Crippen LogP contribution in [0.5, 0.6) is 5.75 Å². The smallest absolute Gasteiger partial charge is 0.141 e. The van der Waals surface area contributed by atoms with E-state index in [-0.39, 0.29) is 0 Å². The van der Waals surface area contributed by atoms with E-state index in [2.05, 4.69) is 64.2 Å². The van der Waals surface area contributed by atoms with E-state index >= 15 is 0 Å². The van der Waals surface area contributed by atoms with Crippen LogP contribution < -0.4 is 21.1 Å². The number of nitrogens with two attached hydrogens (primary N) is 1. The molecular formula is C27H26N4OS2. The topological polar surface area (TPSA) is 71.7 Å². The van der Waals surface area contributed by atoms with Crippen LogP contribution in [0.2, 0.25) is 0 Å². The highest BCUT2D eigenvalue weighted by Gasteiger charge is 2.20. The molecule has 172 valence electrons. The van der Waals surface area contributed by atoms with Crippen LogP contribution in [0.4, 0.5) is 17.1 Å². The monoisotopic (exact) mass is 486 g/mol. The zero-order valence-corrected chi connectivity index (χ0v) is 20.5. The summed E-state index contributed by atoms with van der Waals surface area (Å²) in [4.78, 5) is 7.97. The number of aliphatic imine (C=N–C) groups is 1. The lowest BCUT2D eigenvalue weighted by molar-refractivity contribution is 0.408. The van der Waals surface area contributed by atoms with Gasteiger partial charge in [0.05, 0.1) is 29.0 Å². The molecule has 34 heavy (non-hydrogen) atoms. The third-order valence-electron chi connectivity index (χ3n) is 5.67. The molecule has 3 aromatic carbocycles. The molecule has 1 aromatic heterocycles. The lowest BCUT2D eigenvalue weighted by Crippen LogP contribution is -2.18. The second-order valence-corrected chi connectivity index (χ2v) is 9.94. The molecule has 1 aliphatic rings. The number of rotatable bonds is 8. The van der Waals surface area contributed by atoms with Gasteiger partial charge in [0.15, 0.2) is 0 Å². The molecule has 1 aliphatic heterocycles. The summed E-state index contributed by atoms with van der Waals surface area (Å²) in [7, 11) is 1.73. The van der Waals surface area contributed by atoms with Crippen LogP contribution in [0, 0.1) is 0 Å². The number of amidine groups is 1. The van der Waals surface area contributed by atoms with Crippen LogP contribution in [-0.2, 0) is 13.0 Å². The van der Waals surface area contributed by atoms with Crippen LogP contribution in [0.15, 0.2) is 93.0 Å². The molecule has 0 fully saturated rings. The number of benzene rings is 3. The SMILES string of the molecule is COc1ccc2c(c1CNCCc1ccc(/N=C(\N)c3cccs3)cc1)Nc1ccccc1S2. The van der Waals surface area contributed by atoms with Crippen LogP contribution in [-0.4, -0.2) is 19.5 Å². The van der Waals surface area contributed by atoms with Crippen molar-refractivity contribution in [1.82, 2.24) is 5.32 Å². The lowest BCUT2D eigenvalue weighted by Gasteiger charge is -2.25. The Morgan fingerprint density at radius 3 is 2.65 bits per heavy atom. The normalized spacial score (nSPS) is 12.6. The van der Waals surface area contributed by atoms with Gasteiger partial charge in [-0.1, -0.05) is 42.1 Å². The fourth-order valence-electron chi connectivity index (χ4n) is 3.91. The predicted molar refractivity (Wildman–Crippen MR) is 143 cm³/mol. The largest absolute Gasteiger partial charge is 0.496 e. The molecule has 0 atom stereocenters. The number of methoxy groups -OCH3 is 1. The summed E-state index contributed by atoms with van der Waals surface area (Å²) < 4.78 is 5.68. The van der Waals surface area contributed by atoms with Gasteiger partial charge in [-0.2, -0.15) is 0 Å². The maximum Gasteiger partial charge on any atom is 0.141 e. The molecule has 0 spiro atoms. The minimum Gasteiger partial charge on any atom is -0.496 e. The molecule has 5 rings (SSSR count). The molecule has 4 N–H and O–H groups in total. The Labute approximate surface area is 208 Å². The summed E-state index contributed by atoms with van der Waals surface area (Å²) in [6.45, 7) is 1.58. The summed E-state index contributed by atoms with van der Waals surface area (Å²) in [5.41, 5.74) is 11.6. The highest BCUT2D eigenvalue weighted by molar-refractivity contribution is 7.99. The zero-order chi connectivity index (χ0) is 23.3. The summed E-state index contributed by atoms with van der Waals surface area (Å²) >= 11 is 3.39. The maximum atomic E-state index is 6.10. The third kappa shape index (κ3) is 4.97. The van der Waals surface area contributed by atoms with E-state index < -0.39 is 0 Å². The van der Waals surface area contributed by atoms with Gasteiger partial charge in [0.25, 0.3) is 0 Å². The molecular weight excluding hydrogens is 460 g/mol. The van der Waals surface area contributed by atoms with E-state index in [1.54, 1.807) is 30.2 Å². The molecule has 2 heterocycles. The number of nitrogens with one attached hydrogen (secondary N) is 2. The summed E-state index contributed by atoms with van der Waals surface area (Å²) in [5.74, 6) is 1.45. The standard InChI is InChI=1S/C27H26N4OS2/c1-32-22-12-13-24-26(31-21-5-2-3-6-23(21)34-24)20(22)17-29-15-14-18-8-10-19(11-9-18)30-27(28)25-7-4-16-33-25/h2-13,16,29,31H,14-15,17H2,1H3,(H2,28,30). The molecule has 7 heteroatoms. The van der Waals surface area contributed by atoms with Crippen molar-refractivity contribution < 1.29 is 4.74 Å². The van der Waals surface area contributed by atoms with Crippen LogP contribution in [0.3, 0.4) is 0 Å². The minimum atomic E-state index is 0.555. The van der Waals surface area contributed by atoms with Crippen LogP contribution in [0.25, 0.3) is 0 Å². The highest BCUT2D eigenvalue weighted by atomic mass is 32.2. The van der Waals surface area contributed by atoms with Gasteiger partial charge >= 0.3 is 0 Å². The Morgan fingerprint density at radius 2 is 1.85 bits per heavy atom. The molecule has 0 amide bonds. The Morgan fingerprint density at radius 1 is 1.00 bits per heavy atom. The van der Waals surface area contributed by atoms with E-state index in [0.717, 1.165) is 52.8 Å². The summed E-state index contributed by atoms with van der Waals surface area (Å²) in [6, 6.07) is 24.8. The molecule has 0 saturated carbocycles. The molecule has 4 aromatic rings. The first-order chi connectivity index (χ1) is 16.7. The molecule has 0 aliphatic carbocycles. The lowest BCUT2D eigenvalue weighted by atomic mass is 10.1. The van der Waals surface area contributed by atoms with E-state index in [9.17, 15) is 0 Å². The molecule has 0 bridgehead atoms. The number of thiophene rings is 1. The fourth-order valence-corrected chi connectivity index (χ4v) is 5.56. The second-order valence-electron chi connectivity index (χ2n) is 7.91. The van der Waals surface area contributed by atoms with Crippen molar-refractivity contribution in [3.05, 3.63) is 94.2 Å². The molecule has 0 unspecified atom stereocenters. The quantitative estimate of drug-likeness (QED) is 0.136. The molecule has 0 radical (unpaired) electrons. The predicted octanol–water partition coefficient (Wildman–Crippen LogP) is 6.33. The number of hydrogen-bond acceptors (Lipinski definition) is 6. The second kappa shape index (κ2) is 10.3. The van der Waals surface area contributed by atoms with Crippen molar-refractivity contribution >= 4 is 46.0 Å². The van der Waals surface area contributed by atoms with Crippen molar-refractivity contribution in [3.63, 3.8) is 0 Å². The van der Waals surface area contributed by atoms with Gasteiger partial charge < -0.3 is 21.1 Å². The van der Waals surface area contributed by atoms with Gasteiger partial charge in [0, 0.05) is 21.9 Å². The first kappa shape index (κ1) is 22.5. The fraction of sp³-hybridized carbons (Fsp3) is 0.148. The van der Waals surface area contributed by atoms with E-state index in [4.69, 9.17) is 10.5 Å². The van der Waals surface area contributed by atoms with Gasteiger partial charge in [-0.05, 0) is 66.4 Å². The van der Waals surface area contributed by atoms with Gasteiger partial charge in [-0.3, -0.25) is 0 Å². The number of hydrogen-bond donors (Lipinski definition) is 3. The Balaban J connectivity index is 1.21. The van der Waals surface area contributed by atoms with Crippen molar-refractivity contribution in [2.75, 3.05) is 19.0 Å².